The number of thiophene rings is 1. The average Bonchev–Trinajstić information content (AvgIpc) is 3.23. The standard InChI is InChI=1S/C14H18N4O4S2/c1-8(2)12-16-13(22-17-12)9-4-3-6-18(9)14(19)11-10(5-7-23-11)24(15,20)21/h5,7-9H,3-4,6H2,1-2H3,(H2,15,20,21)/t9-/m0/s1. The van der Waals surface area contributed by atoms with E-state index in [0.29, 0.717) is 24.7 Å². The quantitative estimate of drug-likeness (QED) is 0.877. The highest BCUT2D eigenvalue weighted by molar-refractivity contribution is 7.89. The molecule has 3 rings (SSSR count). The van der Waals surface area contributed by atoms with Crippen LogP contribution in [0, 0.1) is 0 Å². The molecule has 1 aliphatic heterocycles. The summed E-state index contributed by atoms with van der Waals surface area (Å²) < 4.78 is 28.6. The smallest absolute Gasteiger partial charge is 0.266 e. The minimum atomic E-state index is -3.94. The van der Waals surface area contributed by atoms with Crippen molar-refractivity contribution in [2.75, 3.05) is 6.54 Å². The largest absolute Gasteiger partial charge is 0.337 e. The Morgan fingerprint density at radius 1 is 1.50 bits per heavy atom. The topological polar surface area (TPSA) is 119 Å². The van der Waals surface area contributed by atoms with E-state index in [2.05, 4.69) is 10.1 Å². The van der Waals surface area contributed by atoms with Crippen LogP contribution in [0.1, 0.15) is 60.0 Å². The van der Waals surface area contributed by atoms with Crippen LogP contribution < -0.4 is 5.14 Å². The molecule has 2 aromatic heterocycles. The van der Waals surface area contributed by atoms with E-state index in [0.717, 1.165) is 17.8 Å². The summed E-state index contributed by atoms with van der Waals surface area (Å²) in [5, 5.41) is 10.7. The number of likely N-dealkylation sites (tertiary alicyclic amines) is 1. The number of sulfonamides is 1. The predicted octanol–water partition coefficient (Wildman–Crippen LogP) is 1.88. The normalized spacial score (nSPS) is 18.5. The first-order valence-corrected chi connectivity index (χ1v) is 9.96. The molecule has 24 heavy (non-hydrogen) atoms. The minimum Gasteiger partial charge on any atom is -0.337 e. The second kappa shape index (κ2) is 6.26. The number of nitrogens with zero attached hydrogens (tertiary/aromatic N) is 3. The number of rotatable bonds is 4. The molecule has 1 atom stereocenters. The first kappa shape index (κ1) is 17.1. The molecular formula is C14H18N4O4S2. The first-order valence-electron chi connectivity index (χ1n) is 7.53. The maximum Gasteiger partial charge on any atom is 0.266 e. The van der Waals surface area contributed by atoms with Gasteiger partial charge in [0.05, 0.1) is 0 Å². The summed E-state index contributed by atoms with van der Waals surface area (Å²) in [7, 11) is -3.94. The Morgan fingerprint density at radius 2 is 2.25 bits per heavy atom. The molecule has 0 radical (unpaired) electrons. The summed E-state index contributed by atoms with van der Waals surface area (Å²) in [4.78, 5) is 18.8. The molecule has 0 bridgehead atoms. The van der Waals surface area contributed by atoms with Crippen LogP contribution in [0.4, 0.5) is 0 Å². The third-order valence-electron chi connectivity index (χ3n) is 3.90. The Balaban J connectivity index is 1.90. The molecule has 0 spiro atoms. The maximum atomic E-state index is 12.8. The highest BCUT2D eigenvalue weighted by Crippen LogP contribution is 2.34. The van der Waals surface area contributed by atoms with Gasteiger partial charge < -0.3 is 9.42 Å². The fourth-order valence-corrected chi connectivity index (χ4v) is 4.62. The van der Waals surface area contributed by atoms with Gasteiger partial charge >= 0.3 is 0 Å². The van der Waals surface area contributed by atoms with Crippen LogP contribution in [0.5, 0.6) is 0 Å². The highest BCUT2D eigenvalue weighted by atomic mass is 32.2. The van der Waals surface area contributed by atoms with Gasteiger partial charge in [-0.05, 0) is 24.3 Å². The summed E-state index contributed by atoms with van der Waals surface area (Å²) >= 11 is 1.06. The highest BCUT2D eigenvalue weighted by Gasteiger charge is 2.36. The van der Waals surface area contributed by atoms with Crippen LogP contribution in [0.25, 0.3) is 0 Å². The van der Waals surface area contributed by atoms with Gasteiger partial charge in [0.2, 0.25) is 15.9 Å². The zero-order chi connectivity index (χ0) is 17.5. The maximum absolute atomic E-state index is 12.8. The molecule has 0 saturated carbocycles. The summed E-state index contributed by atoms with van der Waals surface area (Å²) in [6.07, 6.45) is 1.48. The van der Waals surface area contributed by atoms with Gasteiger partial charge in [0.25, 0.3) is 5.91 Å². The number of hydrogen-bond donors (Lipinski definition) is 1. The lowest BCUT2D eigenvalue weighted by Gasteiger charge is -2.21. The number of hydrogen-bond acceptors (Lipinski definition) is 7. The zero-order valence-corrected chi connectivity index (χ0v) is 14.9. The Morgan fingerprint density at radius 3 is 2.88 bits per heavy atom. The first-order chi connectivity index (χ1) is 11.3. The third kappa shape index (κ3) is 3.08. The minimum absolute atomic E-state index is 0.119. The monoisotopic (exact) mass is 370 g/mol. The van der Waals surface area contributed by atoms with Gasteiger partial charge in [0.15, 0.2) is 5.82 Å². The van der Waals surface area contributed by atoms with Crippen molar-refractivity contribution in [3.05, 3.63) is 28.0 Å². The molecule has 2 N–H and O–H groups in total. The Bertz CT molecular complexity index is 856. The second-order valence-corrected chi connectivity index (χ2v) is 8.41. The number of aromatic nitrogens is 2. The van der Waals surface area contributed by atoms with E-state index in [9.17, 15) is 13.2 Å². The molecule has 1 amide bonds. The van der Waals surface area contributed by atoms with E-state index < -0.39 is 10.0 Å². The van der Waals surface area contributed by atoms with Gasteiger partial charge in [-0.1, -0.05) is 19.0 Å². The third-order valence-corrected chi connectivity index (χ3v) is 5.89. The van der Waals surface area contributed by atoms with Crippen molar-refractivity contribution >= 4 is 27.3 Å². The van der Waals surface area contributed by atoms with E-state index in [1.54, 1.807) is 10.3 Å². The van der Waals surface area contributed by atoms with Crippen molar-refractivity contribution in [1.29, 1.82) is 0 Å². The lowest BCUT2D eigenvalue weighted by Crippen LogP contribution is -2.31. The Labute approximate surface area is 143 Å². The summed E-state index contributed by atoms with van der Waals surface area (Å²) in [5.74, 6) is 0.726. The van der Waals surface area contributed by atoms with E-state index in [1.165, 1.54) is 6.07 Å². The fourth-order valence-electron chi connectivity index (χ4n) is 2.69. The van der Waals surface area contributed by atoms with Gasteiger partial charge in [-0.15, -0.1) is 11.3 Å². The van der Waals surface area contributed by atoms with Crippen molar-refractivity contribution in [2.45, 2.75) is 43.5 Å². The molecule has 1 saturated heterocycles. The average molecular weight is 370 g/mol. The molecule has 3 heterocycles. The predicted molar refractivity (Wildman–Crippen MR) is 87.1 cm³/mol. The van der Waals surface area contributed by atoms with Crippen molar-refractivity contribution < 1.29 is 17.7 Å². The number of primary sulfonamides is 1. The van der Waals surface area contributed by atoms with Crippen LogP contribution in [0.2, 0.25) is 0 Å². The van der Waals surface area contributed by atoms with Crippen molar-refractivity contribution in [1.82, 2.24) is 15.0 Å². The van der Waals surface area contributed by atoms with Gasteiger partial charge in [-0.25, -0.2) is 13.6 Å². The zero-order valence-electron chi connectivity index (χ0n) is 13.3. The Hall–Kier alpha value is -1.78. The van der Waals surface area contributed by atoms with Crippen LogP contribution >= 0.6 is 11.3 Å². The van der Waals surface area contributed by atoms with Gasteiger partial charge in [0.1, 0.15) is 15.8 Å². The van der Waals surface area contributed by atoms with E-state index in [-0.39, 0.29) is 27.6 Å². The fraction of sp³-hybridized carbons (Fsp3) is 0.500. The molecule has 1 aliphatic rings. The molecule has 130 valence electrons. The van der Waals surface area contributed by atoms with Gasteiger partial charge in [-0.2, -0.15) is 4.98 Å². The summed E-state index contributed by atoms with van der Waals surface area (Å²) in [5.41, 5.74) is 0. The lowest BCUT2D eigenvalue weighted by molar-refractivity contribution is 0.0711. The molecule has 1 fully saturated rings. The van der Waals surface area contributed by atoms with E-state index in [4.69, 9.17) is 9.66 Å². The Kier molecular flexibility index (Phi) is 4.45. The number of amides is 1. The van der Waals surface area contributed by atoms with Crippen LogP contribution in [0.15, 0.2) is 20.9 Å². The van der Waals surface area contributed by atoms with Crippen molar-refractivity contribution in [3.63, 3.8) is 0 Å². The van der Waals surface area contributed by atoms with Gasteiger partial charge in [-0.3, -0.25) is 4.79 Å². The molecule has 0 aliphatic carbocycles. The van der Waals surface area contributed by atoms with Crippen molar-refractivity contribution in [3.8, 4) is 0 Å². The number of carbonyl (C=O) groups excluding carboxylic acids is 1. The van der Waals surface area contributed by atoms with E-state index >= 15 is 0 Å². The summed E-state index contributed by atoms with van der Waals surface area (Å²) in [6.45, 7) is 4.41. The van der Waals surface area contributed by atoms with Gasteiger partial charge in [0, 0.05) is 12.5 Å². The van der Waals surface area contributed by atoms with Crippen LogP contribution in [-0.4, -0.2) is 35.9 Å². The molecule has 0 unspecified atom stereocenters. The lowest BCUT2D eigenvalue weighted by atomic mass is 10.2. The molecule has 8 nitrogen and oxygen atoms in total. The van der Waals surface area contributed by atoms with Crippen LogP contribution in [0.3, 0.4) is 0 Å². The van der Waals surface area contributed by atoms with Crippen LogP contribution in [-0.2, 0) is 10.0 Å². The molecule has 0 aromatic carbocycles. The number of carbonyl (C=O) groups is 1. The number of nitrogens with two attached hydrogens (primary N) is 1. The molecule has 10 heteroatoms. The molecule has 2 aromatic rings. The van der Waals surface area contributed by atoms with Crippen molar-refractivity contribution in [2.24, 2.45) is 5.14 Å². The SMILES string of the molecule is CC(C)c1noc([C@@H]2CCCN2C(=O)c2sccc2S(N)(=O)=O)n1. The summed E-state index contributed by atoms with van der Waals surface area (Å²) in [6, 6.07) is 1.01. The van der Waals surface area contributed by atoms with E-state index in [1.807, 2.05) is 13.8 Å². The second-order valence-electron chi connectivity index (χ2n) is 5.96. The molecular weight excluding hydrogens is 352 g/mol.